The van der Waals surface area contributed by atoms with Crippen LogP contribution in [0, 0.1) is 5.92 Å². The summed E-state index contributed by atoms with van der Waals surface area (Å²) >= 11 is 0. The third-order valence-corrected chi connectivity index (χ3v) is 4.31. The van der Waals surface area contributed by atoms with Gasteiger partial charge in [0.25, 0.3) is 0 Å². The Morgan fingerprint density at radius 1 is 1.11 bits per heavy atom. The summed E-state index contributed by atoms with van der Waals surface area (Å²) < 4.78 is 17.0. The van der Waals surface area contributed by atoms with Crippen LogP contribution < -0.4 is 0 Å². The standard InChI is InChI=1S/C15H30O3/c1-6-7-14(16-4)18-13-10-8-12(9-11-13)15(2,3)17-5/h12-14H,6-11H2,1-5H3. The van der Waals surface area contributed by atoms with Crippen molar-refractivity contribution >= 4 is 0 Å². The lowest BCUT2D eigenvalue weighted by Gasteiger charge is -2.38. The number of hydrogen-bond donors (Lipinski definition) is 0. The molecule has 0 saturated heterocycles. The summed E-state index contributed by atoms with van der Waals surface area (Å²) in [6, 6.07) is 0. The first-order valence-electron chi connectivity index (χ1n) is 7.26. The van der Waals surface area contributed by atoms with Crippen LogP contribution >= 0.6 is 0 Å². The first-order valence-corrected chi connectivity index (χ1v) is 7.26. The summed E-state index contributed by atoms with van der Waals surface area (Å²) in [5, 5.41) is 0. The van der Waals surface area contributed by atoms with Gasteiger partial charge in [-0.25, -0.2) is 0 Å². The fourth-order valence-electron chi connectivity index (χ4n) is 2.75. The van der Waals surface area contributed by atoms with Crippen molar-refractivity contribution in [3.8, 4) is 0 Å². The largest absolute Gasteiger partial charge is 0.379 e. The van der Waals surface area contributed by atoms with Crippen molar-refractivity contribution in [2.24, 2.45) is 5.92 Å². The van der Waals surface area contributed by atoms with Gasteiger partial charge in [0.05, 0.1) is 11.7 Å². The van der Waals surface area contributed by atoms with Gasteiger partial charge in [0.15, 0.2) is 6.29 Å². The first-order chi connectivity index (χ1) is 8.53. The smallest absolute Gasteiger partial charge is 0.157 e. The number of rotatable bonds is 7. The van der Waals surface area contributed by atoms with Gasteiger partial charge >= 0.3 is 0 Å². The van der Waals surface area contributed by atoms with Crippen LogP contribution in [0.15, 0.2) is 0 Å². The second kappa shape index (κ2) is 7.46. The number of hydrogen-bond acceptors (Lipinski definition) is 3. The molecule has 0 spiro atoms. The molecule has 0 aromatic rings. The monoisotopic (exact) mass is 258 g/mol. The van der Waals surface area contributed by atoms with E-state index in [1.165, 1.54) is 12.8 Å². The van der Waals surface area contributed by atoms with E-state index in [2.05, 4.69) is 20.8 Å². The second-order valence-electron chi connectivity index (χ2n) is 5.87. The van der Waals surface area contributed by atoms with Gasteiger partial charge < -0.3 is 14.2 Å². The summed E-state index contributed by atoms with van der Waals surface area (Å²) in [6.45, 7) is 6.54. The topological polar surface area (TPSA) is 27.7 Å². The molecule has 1 unspecified atom stereocenters. The third kappa shape index (κ3) is 4.52. The van der Waals surface area contributed by atoms with Crippen LogP contribution in [-0.2, 0) is 14.2 Å². The van der Waals surface area contributed by atoms with Crippen molar-refractivity contribution in [2.75, 3.05) is 14.2 Å². The molecule has 108 valence electrons. The highest BCUT2D eigenvalue weighted by molar-refractivity contribution is 4.84. The van der Waals surface area contributed by atoms with Gasteiger partial charge in [0.2, 0.25) is 0 Å². The maximum absolute atomic E-state index is 6.01. The quantitative estimate of drug-likeness (QED) is 0.651. The second-order valence-corrected chi connectivity index (χ2v) is 5.87. The summed E-state index contributed by atoms with van der Waals surface area (Å²) in [5.41, 5.74) is -0.00491. The molecule has 1 fully saturated rings. The Balaban J connectivity index is 2.35. The molecule has 1 aliphatic carbocycles. The molecule has 0 N–H and O–H groups in total. The predicted octanol–water partition coefficient (Wildman–Crippen LogP) is 3.76. The minimum absolute atomic E-state index is 0.00491. The Kier molecular flexibility index (Phi) is 6.61. The van der Waals surface area contributed by atoms with E-state index in [4.69, 9.17) is 14.2 Å². The van der Waals surface area contributed by atoms with E-state index >= 15 is 0 Å². The molecule has 0 amide bonds. The Bertz CT molecular complexity index is 220. The minimum atomic E-state index is -0.0213. The third-order valence-electron chi connectivity index (χ3n) is 4.31. The van der Waals surface area contributed by atoms with E-state index < -0.39 is 0 Å². The fraction of sp³-hybridized carbons (Fsp3) is 1.00. The Labute approximate surface area is 112 Å². The van der Waals surface area contributed by atoms with Crippen LogP contribution in [0.2, 0.25) is 0 Å². The first kappa shape index (κ1) is 15.9. The SMILES string of the molecule is CCCC(OC)OC1CCC(C(C)(C)OC)CC1. The van der Waals surface area contributed by atoms with Gasteiger partial charge in [-0.15, -0.1) is 0 Å². The van der Waals surface area contributed by atoms with Crippen LogP contribution in [0.3, 0.4) is 0 Å². The van der Waals surface area contributed by atoms with Crippen LogP contribution in [0.25, 0.3) is 0 Å². The van der Waals surface area contributed by atoms with Gasteiger partial charge in [-0.05, 0) is 51.9 Å². The highest BCUT2D eigenvalue weighted by atomic mass is 16.7. The normalized spacial score (nSPS) is 27.2. The maximum Gasteiger partial charge on any atom is 0.157 e. The summed E-state index contributed by atoms with van der Waals surface area (Å²) in [6.07, 6.45) is 7.06. The molecule has 1 rings (SSSR count). The van der Waals surface area contributed by atoms with Crippen LogP contribution in [-0.4, -0.2) is 32.2 Å². The predicted molar refractivity (Wildman–Crippen MR) is 73.6 cm³/mol. The molecule has 0 heterocycles. The average Bonchev–Trinajstić information content (AvgIpc) is 2.39. The Morgan fingerprint density at radius 2 is 1.72 bits per heavy atom. The Hall–Kier alpha value is -0.120. The molecule has 1 saturated carbocycles. The summed E-state index contributed by atoms with van der Waals surface area (Å²) in [7, 11) is 3.55. The maximum atomic E-state index is 6.01. The zero-order chi connectivity index (χ0) is 13.6. The highest BCUT2D eigenvalue weighted by Gasteiger charge is 2.33. The molecule has 0 aliphatic heterocycles. The summed E-state index contributed by atoms with van der Waals surface area (Å²) in [4.78, 5) is 0. The molecule has 3 nitrogen and oxygen atoms in total. The van der Waals surface area contributed by atoms with Gasteiger partial charge in [-0.3, -0.25) is 0 Å². The molecule has 0 radical (unpaired) electrons. The molecule has 0 aromatic heterocycles. The van der Waals surface area contributed by atoms with Crippen molar-refractivity contribution in [3.05, 3.63) is 0 Å². The van der Waals surface area contributed by atoms with Crippen LogP contribution in [0.5, 0.6) is 0 Å². The van der Waals surface area contributed by atoms with Gasteiger partial charge in [0.1, 0.15) is 0 Å². The lowest BCUT2D eigenvalue weighted by atomic mass is 9.78. The van der Waals surface area contributed by atoms with Crippen LogP contribution in [0.4, 0.5) is 0 Å². The highest BCUT2D eigenvalue weighted by Crippen LogP contribution is 2.35. The lowest BCUT2D eigenvalue weighted by Crippen LogP contribution is -2.38. The number of methoxy groups -OCH3 is 2. The molecule has 1 atom stereocenters. The van der Waals surface area contributed by atoms with Crippen molar-refractivity contribution in [1.29, 1.82) is 0 Å². The Morgan fingerprint density at radius 3 is 2.17 bits per heavy atom. The zero-order valence-electron chi connectivity index (χ0n) is 12.7. The van der Waals surface area contributed by atoms with E-state index in [1.807, 2.05) is 7.11 Å². The molecule has 0 bridgehead atoms. The molecule has 1 aliphatic rings. The van der Waals surface area contributed by atoms with E-state index in [9.17, 15) is 0 Å². The molecular formula is C15H30O3. The summed E-state index contributed by atoms with van der Waals surface area (Å²) in [5.74, 6) is 0.648. The van der Waals surface area contributed by atoms with E-state index in [-0.39, 0.29) is 11.9 Å². The van der Waals surface area contributed by atoms with E-state index in [0.29, 0.717) is 12.0 Å². The lowest BCUT2D eigenvalue weighted by molar-refractivity contribution is -0.171. The van der Waals surface area contributed by atoms with Gasteiger partial charge in [0, 0.05) is 14.2 Å². The average molecular weight is 258 g/mol. The van der Waals surface area contributed by atoms with Crippen molar-refractivity contribution in [3.63, 3.8) is 0 Å². The van der Waals surface area contributed by atoms with Gasteiger partial charge in [-0.2, -0.15) is 0 Å². The van der Waals surface area contributed by atoms with Crippen molar-refractivity contribution < 1.29 is 14.2 Å². The number of ether oxygens (including phenoxy) is 3. The zero-order valence-corrected chi connectivity index (χ0v) is 12.7. The van der Waals surface area contributed by atoms with Crippen molar-refractivity contribution in [1.82, 2.24) is 0 Å². The van der Waals surface area contributed by atoms with Crippen LogP contribution in [0.1, 0.15) is 59.3 Å². The van der Waals surface area contributed by atoms with E-state index in [0.717, 1.165) is 25.7 Å². The molecular weight excluding hydrogens is 228 g/mol. The van der Waals surface area contributed by atoms with E-state index in [1.54, 1.807) is 7.11 Å². The van der Waals surface area contributed by atoms with Gasteiger partial charge in [-0.1, -0.05) is 13.3 Å². The minimum Gasteiger partial charge on any atom is -0.379 e. The molecule has 3 heteroatoms. The molecule has 0 aromatic carbocycles. The fourth-order valence-corrected chi connectivity index (χ4v) is 2.75. The van der Waals surface area contributed by atoms with Crippen molar-refractivity contribution in [2.45, 2.75) is 77.3 Å². The molecule has 18 heavy (non-hydrogen) atoms.